The molecule has 0 atom stereocenters. The maximum absolute atomic E-state index is 12.4. The zero-order valence-corrected chi connectivity index (χ0v) is 17.8. The van der Waals surface area contributed by atoms with E-state index in [2.05, 4.69) is 21.2 Å². The fraction of sp³-hybridized carbons (Fsp3) is 0.0833. The maximum Gasteiger partial charge on any atom is 0.266 e. The van der Waals surface area contributed by atoms with Crippen molar-refractivity contribution in [3.63, 3.8) is 0 Å². The van der Waals surface area contributed by atoms with Crippen LogP contribution < -0.4 is 14.8 Å². The second-order valence-electron chi connectivity index (χ2n) is 6.32. The highest BCUT2D eigenvalue weighted by atomic mass is 79.9. The first-order valence-electron chi connectivity index (χ1n) is 9.12. The molecule has 6 heteroatoms. The van der Waals surface area contributed by atoms with Crippen molar-refractivity contribution >= 4 is 33.6 Å². The molecule has 3 rings (SSSR count). The molecule has 0 spiro atoms. The third-order valence-electron chi connectivity index (χ3n) is 4.20. The SMILES string of the molecule is COc1cc(/C=C(/C#N)C(=O)Nc2ccccc2)ccc1OCc1ccc(Br)cc1. The molecule has 0 fully saturated rings. The molecule has 150 valence electrons. The fourth-order valence-electron chi connectivity index (χ4n) is 2.67. The summed E-state index contributed by atoms with van der Waals surface area (Å²) in [5.41, 5.74) is 2.29. The summed E-state index contributed by atoms with van der Waals surface area (Å²) in [6.45, 7) is 0.391. The number of para-hydroxylation sites is 1. The van der Waals surface area contributed by atoms with Crippen LogP contribution in [0.15, 0.2) is 82.8 Å². The van der Waals surface area contributed by atoms with E-state index in [0.717, 1.165) is 10.0 Å². The lowest BCUT2D eigenvalue weighted by Gasteiger charge is -2.12. The zero-order valence-electron chi connectivity index (χ0n) is 16.3. The van der Waals surface area contributed by atoms with E-state index in [1.54, 1.807) is 37.4 Å². The number of hydrogen-bond donors (Lipinski definition) is 1. The quantitative estimate of drug-likeness (QED) is 0.367. The minimum atomic E-state index is -0.474. The number of halogens is 1. The van der Waals surface area contributed by atoms with E-state index in [1.807, 2.05) is 48.5 Å². The molecule has 0 saturated heterocycles. The first-order valence-corrected chi connectivity index (χ1v) is 9.92. The van der Waals surface area contributed by atoms with Gasteiger partial charge in [0.25, 0.3) is 5.91 Å². The molecule has 1 N–H and O–H groups in total. The number of carbonyl (C=O) groups excluding carboxylic acids is 1. The van der Waals surface area contributed by atoms with Gasteiger partial charge in [-0.25, -0.2) is 0 Å². The summed E-state index contributed by atoms with van der Waals surface area (Å²) < 4.78 is 12.3. The van der Waals surface area contributed by atoms with Crippen LogP contribution in [-0.4, -0.2) is 13.0 Å². The van der Waals surface area contributed by atoms with Crippen LogP contribution >= 0.6 is 15.9 Å². The lowest BCUT2D eigenvalue weighted by Crippen LogP contribution is -2.13. The molecular formula is C24H19BrN2O3. The Kier molecular flexibility index (Phi) is 7.25. The number of anilines is 1. The van der Waals surface area contributed by atoms with Crippen LogP contribution in [0.3, 0.4) is 0 Å². The fourth-order valence-corrected chi connectivity index (χ4v) is 2.93. The predicted molar refractivity (Wildman–Crippen MR) is 120 cm³/mol. The Morgan fingerprint density at radius 1 is 1.07 bits per heavy atom. The van der Waals surface area contributed by atoms with Gasteiger partial charge in [0.2, 0.25) is 0 Å². The highest BCUT2D eigenvalue weighted by Crippen LogP contribution is 2.30. The van der Waals surface area contributed by atoms with Gasteiger partial charge < -0.3 is 14.8 Å². The molecule has 3 aromatic carbocycles. The highest BCUT2D eigenvalue weighted by Gasteiger charge is 2.11. The number of carbonyl (C=O) groups is 1. The van der Waals surface area contributed by atoms with Crippen LogP contribution in [0, 0.1) is 11.3 Å². The lowest BCUT2D eigenvalue weighted by molar-refractivity contribution is -0.112. The average molecular weight is 463 g/mol. The third-order valence-corrected chi connectivity index (χ3v) is 4.73. The standard InChI is InChI=1S/C24H19BrN2O3/c1-29-23-14-18(9-12-22(23)30-16-17-7-10-20(25)11-8-17)13-19(15-26)24(28)27-21-5-3-2-4-6-21/h2-14H,16H2,1H3,(H,27,28)/b19-13-. The highest BCUT2D eigenvalue weighted by molar-refractivity contribution is 9.10. The summed E-state index contributed by atoms with van der Waals surface area (Å²) in [6, 6.07) is 24.0. The smallest absolute Gasteiger partial charge is 0.266 e. The van der Waals surface area contributed by atoms with Crippen molar-refractivity contribution in [2.24, 2.45) is 0 Å². The van der Waals surface area contributed by atoms with Gasteiger partial charge in [-0.2, -0.15) is 5.26 Å². The number of amides is 1. The van der Waals surface area contributed by atoms with E-state index in [4.69, 9.17) is 9.47 Å². The number of nitrogens with zero attached hydrogens (tertiary/aromatic N) is 1. The van der Waals surface area contributed by atoms with Gasteiger partial charge in [-0.15, -0.1) is 0 Å². The average Bonchev–Trinajstić information content (AvgIpc) is 2.78. The Balaban J connectivity index is 1.74. The van der Waals surface area contributed by atoms with Gasteiger partial charge >= 0.3 is 0 Å². The van der Waals surface area contributed by atoms with Crippen LogP contribution in [0.5, 0.6) is 11.5 Å². The summed E-state index contributed by atoms with van der Waals surface area (Å²) >= 11 is 3.41. The van der Waals surface area contributed by atoms with Crippen molar-refractivity contribution in [2.45, 2.75) is 6.61 Å². The molecule has 30 heavy (non-hydrogen) atoms. The van der Waals surface area contributed by atoms with Crippen molar-refractivity contribution < 1.29 is 14.3 Å². The van der Waals surface area contributed by atoms with Crippen molar-refractivity contribution in [2.75, 3.05) is 12.4 Å². The Labute approximate surface area is 183 Å². The lowest BCUT2D eigenvalue weighted by atomic mass is 10.1. The Hall–Kier alpha value is -3.56. The van der Waals surface area contributed by atoms with Crippen LogP contribution in [0.4, 0.5) is 5.69 Å². The van der Waals surface area contributed by atoms with Gasteiger partial charge in [-0.3, -0.25) is 4.79 Å². The number of rotatable bonds is 7. The largest absolute Gasteiger partial charge is 0.493 e. The summed E-state index contributed by atoms with van der Waals surface area (Å²) in [7, 11) is 1.54. The van der Waals surface area contributed by atoms with E-state index in [9.17, 15) is 10.1 Å². The van der Waals surface area contributed by atoms with Crippen molar-refractivity contribution in [3.8, 4) is 17.6 Å². The maximum atomic E-state index is 12.4. The number of nitriles is 1. The number of nitrogens with one attached hydrogen (secondary N) is 1. The number of methoxy groups -OCH3 is 1. The van der Waals surface area contributed by atoms with Crippen molar-refractivity contribution in [3.05, 3.63) is 94.0 Å². The minimum Gasteiger partial charge on any atom is -0.493 e. The van der Waals surface area contributed by atoms with E-state index in [1.165, 1.54) is 6.08 Å². The van der Waals surface area contributed by atoms with Gasteiger partial charge in [0.15, 0.2) is 11.5 Å². The number of ether oxygens (including phenoxy) is 2. The molecular weight excluding hydrogens is 444 g/mol. The van der Waals surface area contributed by atoms with E-state index < -0.39 is 5.91 Å². The van der Waals surface area contributed by atoms with E-state index in [0.29, 0.717) is 29.4 Å². The molecule has 5 nitrogen and oxygen atoms in total. The third kappa shape index (κ3) is 5.72. The normalized spacial score (nSPS) is 10.8. The number of hydrogen-bond acceptors (Lipinski definition) is 4. The van der Waals surface area contributed by atoms with Gasteiger partial charge in [0.1, 0.15) is 18.2 Å². The van der Waals surface area contributed by atoms with E-state index in [-0.39, 0.29) is 5.57 Å². The summed E-state index contributed by atoms with van der Waals surface area (Å²) in [5, 5.41) is 12.1. The molecule has 0 aromatic heterocycles. The van der Waals surface area contributed by atoms with E-state index >= 15 is 0 Å². The molecule has 0 saturated carbocycles. The van der Waals surface area contributed by atoms with Crippen LogP contribution in [0.25, 0.3) is 6.08 Å². The Morgan fingerprint density at radius 2 is 1.80 bits per heavy atom. The monoisotopic (exact) mass is 462 g/mol. The molecule has 0 bridgehead atoms. The minimum absolute atomic E-state index is 0.00978. The molecule has 0 radical (unpaired) electrons. The van der Waals surface area contributed by atoms with Gasteiger partial charge in [0.05, 0.1) is 7.11 Å². The summed E-state index contributed by atoms with van der Waals surface area (Å²) in [6.07, 6.45) is 1.51. The van der Waals surface area contributed by atoms with Crippen LogP contribution in [-0.2, 0) is 11.4 Å². The van der Waals surface area contributed by atoms with Crippen LogP contribution in [0.2, 0.25) is 0 Å². The Morgan fingerprint density at radius 3 is 2.47 bits per heavy atom. The molecule has 0 heterocycles. The van der Waals surface area contributed by atoms with Gasteiger partial charge in [0, 0.05) is 10.2 Å². The van der Waals surface area contributed by atoms with Gasteiger partial charge in [-0.05, 0) is 53.6 Å². The molecule has 0 aliphatic carbocycles. The molecule has 1 amide bonds. The number of benzene rings is 3. The molecule has 0 aliphatic heterocycles. The molecule has 3 aromatic rings. The summed E-state index contributed by atoms with van der Waals surface area (Å²) in [4.78, 5) is 12.4. The topological polar surface area (TPSA) is 71.3 Å². The summed E-state index contributed by atoms with van der Waals surface area (Å²) in [5.74, 6) is 0.615. The second-order valence-corrected chi connectivity index (χ2v) is 7.23. The van der Waals surface area contributed by atoms with Crippen molar-refractivity contribution in [1.29, 1.82) is 5.26 Å². The first kappa shape index (κ1) is 21.2. The Bertz CT molecular complexity index is 1090. The second kappa shape index (κ2) is 10.3. The zero-order chi connectivity index (χ0) is 21.3. The molecule has 0 aliphatic rings. The van der Waals surface area contributed by atoms with Gasteiger partial charge in [-0.1, -0.05) is 52.3 Å². The van der Waals surface area contributed by atoms with Crippen LogP contribution in [0.1, 0.15) is 11.1 Å². The molecule has 0 unspecified atom stereocenters. The van der Waals surface area contributed by atoms with Crippen molar-refractivity contribution in [1.82, 2.24) is 0 Å². The predicted octanol–water partition coefficient (Wildman–Crippen LogP) is 5.58. The first-order chi connectivity index (χ1) is 14.6.